The maximum absolute atomic E-state index is 13.2. The van der Waals surface area contributed by atoms with Gasteiger partial charge in [-0.05, 0) is 19.3 Å². The van der Waals surface area contributed by atoms with E-state index in [1.54, 1.807) is 4.90 Å². The molecule has 30 heavy (non-hydrogen) atoms. The van der Waals surface area contributed by atoms with Crippen molar-refractivity contribution >= 4 is 27.4 Å². The summed E-state index contributed by atoms with van der Waals surface area (Å²) in [6.45, 7) is -0.530. The van der Waals surface area contributed by atoms with Crippen LogP contribution in [0, 0.1) is 10.1 Å². The van der Waals surface area contributed by atoms with Gasteiger partial charge in [0.15, 0.2) is 9.84 Å². The van der Waals surface area contributed by atoms with E-state index >= 15 is 0 Å². The van der Waals surface area contributed by atoms with Crippen LogP contribution in [0.25, 0.3) is 0 Å². The fourth-order valence-corrected chi connectivity index (χ4v) is 5.92. The van der Waals surface area contributed by atoms with Crippen LogP contribution >= 0.6 is 0 Å². The normalized spacial score (nSPS) is 20.8. The topological polar surface area (TPSA) is 146 Å². The number of nitro groups is 1. The lowest BCUT2D eigenvalue weighted by Crippen LogP contribution is -2.49. The third-order valence-corrected chi connectivity index (χ3v) is 7.35. The molecule has 3 rings (SSSR count). The van der Waals surface area contributed by atoms with E-state index < -0.39 is 50.5 Å². The van der Waals surface area contributed by atoms with E-state index in [9.17, 15) is 32.9 Å². The summed E-state index contributed by atoms with van der Waals surface area (Å²) in [5.41, 5.74) is -2.10. The molecular weight excluding hydrogens is 418 g/mol. The van der Waals surface area contributed by atoms with Crippen molar-refractivity contribution < 1.29 is 27.7 Å². The summed E-state index contributed by atoms with van der Waals surface area (Å²) in [6.07, 6.45) is 4.67. The number of hydrogen-bond acceptors (Lipinski definition) is 8. The third kappa shape index (κ3) is 4.53. The highest BCUT2D eigenvalue weighted by Crippen LogP contribution is 2.29. The summed E-state index contributed by atoms with van der Waals surface area (Å²) in [5, 5.41) is 11.2. The van der Waals surface area contributed by atoms with Crippen molar-refractivity contribution in [1.29, 1.82) is 0 Å². The maximum Gasteiger partial charge on any atom is 0.339 e. The molecule has 1 atom stereocenters. The number of hydrogen-bond donors (Lipinski definition) is 0. The third-order valence-electron chi connectivity index (χ3n) is 5.60. The molecule has 0 aromatic carbocycles. The highest BCUT2D eigenvalue weighted by atomic mass is 32.2. The van der Waals surface area contributed by atoms with E-state index in [0.717, 1.165) is 49.6 Å². The fraction of sp³-hybridized carbons (Fsp3) is 0.611. The summed E-state index contributed by atoms with van der Waals surface area (Å²) in [4.78, 5) is 49.3. The SMILES string of the molecule is COC(=O)c1cc([N+](=O)[O-])c(=O)n(CC(=O)N(C2CCCC2)C2CCS(=O)(=O)C2)c1. The van der Waals surface area contributed by atoms with Crippen molar-refractivity contribution in [2.75, 3.05) is 18.6 Å². The second-order valence-corrected chi connectivity index (χ2v) is 9.82. The molecule has 2 heterocycles. The van der Waals surface area contributed by atoms with Crippen LogP contribution in [0.5, 0.6) is 0 Å². The smallest absolute Gasteiger partial charge is 0.339 e. The summed E-state index contributed by atoms with van der Waals surface area (Å²) in [7, 11) is -2.14. The highest BCUT2D eigenvalue weighted by molar-refractivity contribution is 7.91. The van der Waals surface area contributed by atoms with Crippen molar-refractivity contribution in [3.05, 3.63) is 38.3 Å². The molecule has 12 heteroatoms. The van der Waals surface area contributed by atoms with E-state index in [0.29, 0.717) is 6.42 Å². The Labute approximate surface area is 172 Å². The molecule has 1 saturated carbocycles. The predicted molar refractivity (Wildman–Crippen MR) is 105 cm³/mol. The second-order valence-electron chi connectivity index (χ2n) is 7.59. The van der Waals surface area contributed by atoms with Crippen LogP contribution in [0.1, 0.15) is 42.5 Å². The van der Waals surface area contributed by atoms with Crippen LogP contribution in [0.4, 0.5) is 5.69 Å². The number of amides is 1. The lowest BCUT2D eigenvalue weighted by atomic mass is 10.1. The van der Waals surface area contributed by atoms with Gasteiger partial charge in [-0.25, -0.2) is 13.2 Å². The Morgan fingerprint density at radius 2 is 1.93 bits per heavy atom. The average molecular weight is 441 g/mol. The standard InChI is InChI=1S/C18H23N3O8S/c1-29-18(24)12-8-15(21(25)26)17(23)19(9-12)10-16(22)20(13-4-2-3-5-13)14-6-7-30(27,28)11-14/h8-9,13-14H,2-7,10-11H2,1H3. The second kappa shape index (κ2) is 8.54. The average Bonchev–Trinajstić information content (AvgIpc) is 3.32. The molecule has 1 aromatic rings. The zero-order valence-electron chi connectivity index (χ0n) is 16.5. The molecule has 1 aliphatic heterocycles. The number of carbonyl (C=O) groups excluding carboxylic acids is 2. The number of ether oxygens (including phenoxy) is 1. The van der Waals surface area contributed by atoms with Gasteiger partial charge < -0.3 is 9.64 Å². The molecule has 0 spiro atoms. The molecule has 1 aromatic heterocycles. The van der Waals surface area contributed by atoms with Crippen molar-refractivity contribution in [2.24, 2.45) is 0 Å². The molecule has 0 bridgehead atoms. The quantitative estimate of drug-likeness (QED) is 0.352. The number of aromatic nitrogens is 1. The van der Waals surface area contributed by atoms with Gasteiger partial charge in [-0.1, -0.05) is 12.8 Å². The highest BCUT2D eigenvalue weighted by Gasteiger charge is 2.39. The summed E-state index contributed by atoms with van der Waals surface area (Å²) < 4.78 is 29.3. The van der Waals surface area contributed by atoms with E-state index in [2.05, 4.69) is 4.74 Å². The molecule has 1 amide bonds. The molecule has 0 radical (unpaired) electrons. The zero-order valence-corrected chi connectivity index (χ0v) is 17.3. The number of methoxy groups -OCH3 is 1. The number of rotatable bonds is 6. The van der Waals surface area contributed by atoms with Gasteiger partial charge in [-0.3, -0.25) is 24.3 Å². The zero-order chi connectivity index (χ0) is 22.1. The van der Waals surface area contributed by atoms with E-state index in [-0.39, 0.29) is 23.1 Å². The van der Waals surface area contributed by atoms with Gasteiger partial charge in [0, 0.05) is 24.3 Å². The first-order valence-electron chi connectivity index (χ1n) is 9.61. The minimum Gasteiger partial charge on any atom is -0.465 e. The number of nitrogens with zero attached hydrogens (tertiary/aromatic N) is 3. The van der Waals surface area contributed by atoms with Crippen LogP contribution in [0.3, 0.4) is 0 Å². The van der Waals surface area contributed by atoms with Crippen LogP contribution < -0.4 is 5.56 Å². The van der Waals surface area contributed by atoms with Crippen molar-refractivity contribution in [3.63, 3.8) is 0 Å². The fourth-order valence-electron chi connectivity index (χ4n) is 4.21. The molecule has 2 fully saturated rings. The van der Waals surface area contributed by atoms with Gasteiger partial charge in [0.1, 0.15) is 6.54 Å². The first kappa shape index (κ1) is 21.9. The van der Waals surface area contributed by atoms with Crippen molar-refractivity contribution in [2.45, 2.75) is 50.7 Å². The van der Waals surface area contributed by atoms with E-state index in [4.69, 9.17) is 0 Å². The molecular formula is C18H23N3O8S. The number of esters is 1. The summed E-state index contributed by atoms with van der Waals surface area (Å²) >= 11 is 0. The summed E-state index contributed by atoms with van der Waals surface area (Å²) in [5.74, 6) is -1.51. The van der Waals surface area contributed by atoms with E-state index in [1.807, 2.05) is 0 Å². The Bertz CT molecular complexity index is 1030. The monoisotopic (exact) mass is 441 g/mol. The lowest BCUT2D eigenvalue weighted by molar-refractivity contribution is -0.386. The van der Waals surface area contributed by atoms with Crippen molar-refractivity contribution in [1.82, 2.24) is 9.47 Å². The molecule has 0 N–H and O–H groups in total. The van der Waals surface area contributed by atoms with Gasteiger partial charge >= 0.3 is 17.2 Å². The first-order chi connectivity index (χ1) is 14.1. The Morgan fingerprint density at radius 1 is 1.27 bits per heavy atom. The maximum atomic E-state index is 13.2. The minimum atomic E-state index is -3.24. The van der Waals surface area contributed by atoms with Gasteiger partial charge in [-0.15, -0.1) is 0 Å². The van der Waals surface area contributed by atoms with Gasteiger partial charge in [-0.2, -0.15) is 0 Å². The molecule has 164 valence electrons. The number of sulfone groups is 1. The molecule has 11 nitrogen and oxygen atoms in total. The molecule has 2 aliphatic rings. The van der Waals surface area contributed by atoms with Crippen LogP contribution in [-0.2, 0) is 25.9 Å². The Hall–Kier alpha value is -2.76. The van der Waals surface area contributed by atoms with Gasteiger partial charge in [0.2, 0.25) is 5.91 Å². The molecule has 1 saturated heterocycles. The minimum absolute atomic E-state index is 0.00257. The summed E-state index contributed by atoms with van der Waals surface area (Å²) in [6, 6.07) is 0.193. The molecule has 1 unspecified atom stereocenters. The Balaban J connectivity index is 1.95. The van der Waals surface area contributed by atoms with E-state index in [1.165, 1.54) is 0 Å². The van der Waals surface area contributed by atoms with Crippen LogP contribution in [0.15, 0.2) is 17.1 Å². The Morgan fingerprint density at radius 3 is 2.47 bits per heavy atom. The van der Waals surface area contributed by atoms with Crippen molar-refractivity contribution in [3.8, 4) is 0 Å². The Kier molecular flexibility index (Phi) is 6.25. The van der Waals surface area contributed by atoms with Gasteiger partial charge in [0.05, 0.1) is 29.1 Å². The predicted octanol–water partition coefficient (Wildman–Crippen LogP) is 0.501. The largest absolute Gasteiger partial charge is 0.465 e. The number of pyridine rings is 1. The first-order valence-corrected chi connectivity index (χ1v) is 11.4. The van der Waals surface area contributed by atoms with Gasteiger partial charge in [0.25, 0.3) is 0 Å². The van der Waals surface area contributed by atoms with Crippen LogP contribution in [-0.4, -0.2) is 65.4 Å². The van der Waals surface area contributed by atoms with Crippen LogP contribution in [0.2, 0.25) is 0 Å². The number of carbonyl (C=O) groups is 2. The lowest BCUT2D eigenvalue weighted by Gasteiger charge is -2.34. The molecule has 1 aliphatic carbocycles.